The standard InChI is InChI=1S/C10H16N/c1-11(2)9-5-3-6-10(9,11)8-4-7-9/h3,5H,4,6-8H2,1-2H3/q+1/t9-,10-/m1/s1. The molecule has 60 valence electrons. The Balaban J connectivity index is 2.17. The molecule has 0 radical (unpaired) electrons. The molecule has 3 rings (SSSR count). The van der Waals surface area contributed by atoms with Gasteiger partial charge in [-0.05, 0) is 12.5 Å². The molecule has 0 aromatic heterocycles. The number of hydrogen-bond acceptors (Lipinski definition) is 0. The third-order valence-electron chi connectivity index (χ3n) is 4.82. The van der Waals surface area contributed by atoms with Crippen molar-refractivity contribution < 1.29 is 4.48 Å². The molecule has 2 atom stereocenters. The summed E-state index contributed by atoms with van der Waals surface area (Å²) in [5.41, 5.74) is 1.28. The van der Waals surface area contributed by atoms with Gasteiger partial charge in [0.15, 0.2) is 11.1 Å². The lowest BCUT2D eigenvalue weighted by Crippen LogP contribution is -2.31. The van der Waals surface area contributed by atoms with Crippen LogP contribution in [0.3, 0.4) is 0 Å². The first-order valence-electron chi connectivity index (χ1n) is 4.68. The fourth-order valence-electron chi connectivity index (χ4n) is 4.10. The normalized spacial score (nSPS) is 55.8. The fraction of sp³-hybridized carbons (Fsp3) is 0.800. The molecule has 1 saturated heterocycles. The number of likely N-dealkylation sites (N-methyl/N-ethyl adjacent to an activating group) is 1. The zero-order chi connectivity index (χ0) is 7.74. The lowest BCUT2D eigenvalue weighted by molar-refractivity contribution is -0.814. The predicted molar refractivity (Wildman–Crippen MR) is 45.2 cm³/mol. The minimum atomic E-state index is 0.604. The smallest absolute Gasteiger partial charge is 0.173 e. The lowest BCUT2D eigenvalue weighted by Gasteiger charge is -2.21. The molecule has 0 aromatic carbocycles. The highest BCUT2D eigenvalue weighted by Gasteiger charge is 2.87. The van der Waals surface area contributed by atoms with Gasteiger partial charge in [-0.2, -0.15) is 0 Å². The van der Waals surface area contributed by atoms with Gasteiger partial charge in [0.05, 0.1) is 14.1 Å². The molecule has 0 amide bonds. The van der Waals surface area contributed by atoms with Gasteiger partial charge >= 0.3 is 0 Å². The van der Waals surface area contributed by atoms with Gasteiger partial charge in [-0.25, -0.2) is 0 Å². The molecule has 2 aliphatic carbocycles. The Labute approximate surface area is 68.3 Å². The summed E-state index contributed by atoms with van der Waals surface area (Å²) in [7, 11) is 4.81. The molecule has 0 N–H and O–H groups in total. The van der Waals surface area contributed by atoms with Crippen LogP contribution in [0, 0.1) is 0 Å². The highest BCUT2D eigenvalue weighted by Crippen LogP contribution is 2.71. The topological polar surface area (TPSA) is 0 Å². The molecular formula is C10H16N+. The molecule has 1 heterocycles. The lowest BCUT2D eigenvalue weighted by atomic mass is 10.0. The third kappa shape index (κ3) is 0.347. The molecule has 0 aromatic rings. The summed E-state index contributed by atoms with van der Waals surface area (Å²) in [6.07, 6.45) is 10.6. The Hall–Kier alpha value is -0.300. The largest absolute Gasteiger partial charge is 0.305 e. The molecule has 0 bridgehead atoms. The van der Waals surface area contributed by atoms with Crippen molar-refractivity contribution in [3.8, 4) is 0 Å². The number of nitrogens with zero attached hydrogens (tertiary/aromatic N) is 1. The third-order valence-corrected chi connectivity index (χ3v) is 4.82. The van der Waals surface area contributed by atoms with E-state index in [1.165, 1.54) is 30.2 Å². The van der Waals surface area contributed by atoms with Crippen LogP contribution >= 0.6 is 0 Å². The molecule has 1 nitrogen and oxygen atoms in total. The summed E-state index contributed by atoms with van der Waals surface area (Å²) in [4.78, 5) is 0. The molecule has 2 fully saturated rings. The van der Waals surface area contributed by atoms with E-state index in [2.05, 4.69) is 26.2 Å². The number of hydrogen-bond donors (Lipinski definition) is 0. The van der Waals surface area contributed by atoms with E-state index in [9.17, 15) is 0 Å². The summed E-state index contributed by atoms with van der Waals surface area (Å²) >= 11 is 0. The van der Waals surface area contributed by atoms with Gasteiger partial charge in [-0.15, -0.1) is 0 Å². The fourth-order valence-corrected chi connectivity index (χ4v) is 4.10. The van der Waals surface area contributed by atoms with E-state index >= 15 is 0 Å². The zero-order valence-electron chi connectivity index (χ0n) is 7.43. The second-order valence-electron chi connectivity index (χ2n) is 4.87. The first-order valence-corrected chi connectivity index (χ1v) is 4.68. The Morgan fingerprint density at radius 1 is 1.27 bits per heavy atom. The second-order valence-corrected chi connectivity index (χ2v) is 4.87. The maximum atomic E-state index is 2.50. The average Bonchev–Trinajstić information content (AvgIpc) is 2.32. The molecule has 1 heteroatoms. The maximum absolute atomic E-state index is 2.50. The Morgan fingerprint density at radius 3 is 2.73 bits per heavy atom. The summed E-state index contributed by atoms with van der Waals surface area (Å²) < 4.78 is 1.29. The highest BCUT2D eigenvalue weighted by atomic mass is 15.6. The van der Waals surface area contributed by atoms with E-state index in [-0.39, 0.29) is 0 Å². The van der Waals surface area contributed by atoms with Crippen LogP contribution in [0.1, 0.15) is 25.7 Å². The van der Waals surface area contributed by atoms with E-state index in [0.29, 0.717) is 11.1 Å². The van der Waals surface area contributed by atoms with Crippen LogP contribution in [0.5, 0.6) is 0 Å². The maximum Gasteiger partial charge on any atom is 0.173 e. The van der Waals surface area contributed by atoms with Gasteiger partial charge in [-0.3, -0.25) is 0 Å². The SMILES string of the molecule is C[N+]1(C)[C@@]23CC=C[C@@]21CCC3. The molecule has 11 heavy (non-hydrogen) atoms. The van der Waals surface area contributed by atoms with Crippen LogP contribution in [0.15, 0.2) is 12.2 Å². The van der Waals surface area contributed by atoms with Crippen molar-refractivity contribution in [2.75, 3.05) is 14.1 Å². The highest BCUT2D eigenvalue weighted by molar-refractivity contribution is 5.35. The Kier molecular flexibility index (Phi) is 0.742. The van der Waals surface area contributed by atoms with Crippen molar-refractivity contribution >= 4 is 0 Å². The predicted octanol–water partition coefficient (Wildman–Crippen LogP) is 1.70. The summed E-state index contributed by atoms with van der Waals surface area (Å²) in [6.45, 7) is 0. The van der Waals surface area contributed by atoms with Gasteiger partial charge in [0.25, 0.3) is 0 Å². The van der Waals surface area contributed by atoms with E-state index in [0.717, 1.165) is 0 Å². The second kappa shape index (κ2) is 1.31. The molecule has 0 spiro atoms. The molecule has 1 saturated carbocycles. The molecular weight excluding hydrogens is 134 g/mol. The summed E-state index contributed by atoms with van der Waals surface area (Å²) in [5, 5.41) is 0. The Bertz CT molecular complexity index is 254. The van der Waals surface area contributed by atoms with Crippen molar-refractivity contribution in [2.24, 2.45) is 0 Å². The van der Waals surface area contributed by atoms with E-state index in [4.69, 9.17) is 0 Å². The minimum absolute atomic E-state index is 0.604. The van der Waals surface area contributed by atoms with Crippen molar-refractivity contribution in [1.29, 1.82) is 0 Å². The first-order chi connectivity index (χ1) is 5.16. The minimum Gasteiger partial charge on any atom is -0.305 e. The van der Waals surface area contributed by atoms with Gasteiger partial charge in [-0.1, -0.05) is 6.08 Å². The molecule has 1 aliphatic heterocycles. The van der Waals surface area contributed by atoms with E-state index < -0.39 is 0 Å². The van der Waals surface area contributed by atoms with Crippen LogP contribution < -0.4 is 0 Å². The van der Waals surface area contributed by atoms with Gasteiger partial charge in [0, 0.05) is 19.3 Å². The number of rotatable bonds is 0. The van der Waals surface area contributed by atoms with E-state index in [1.807, 2.05) is 0 Å². The summed E-state index contributed by atoms with van der Waals surface area (Å²) in [5.74, 6) is 0. The number of likely N-dealkylation sites (tertiary alicyclic amines) is 1. The van der Waals surface area contributed by atoms with Gasteiger partial charge in [0.2, 0.25) is 0 Å². The average molecular weight is 150 g/mol. The van der Waals surface area contributed by atoms with Crippen molar-refractivity contribution in [3.63, 3.8) is 0 Å². The first kappa shape index (κ1) is 6.24. The van der Waals surface area contributed by atoms with Crippen molar-refractivity contribution in [3.05, 3.63) is 12.2 Å². The quantitative estimate of drug-likeness (QED) is 0.280. The van der Waals surface area contributed by atoms with Crippen molar-refractivity contribution in [2.45, 2.75) is 36.8 Å². The number of piperidine rings is 1. The monoisotopic (exact) mass is 150 g/mol. The van der Waals surface area contributed by atoms with Crippen LogP contribution in [0.25, 0.3) is 0 Å². The van der Waals surface area contributed by atoms with Gasteiger partial charge < -0.3 is 4.48 Å². The number of quaternary nitrogens is 1. The van der Waals surface area contributed by atoms with Gasteiger partial charge in [0.1, 0.15) is 0 Å². The van der Waals surface area contributed by atoms with Crippen molar-refractivity contribution in [1.82, 2.24) is 0 Å². The van der Waals surface area contributed by atoms with Crippen LogP contribution in [-0.2, 0) is 0 Å². The van der Waals surface area contributed by atoms with Crippen LogP contribution in [0.2, 0.25) is 0 Å². The zero-order valence-corrected chi connectivity index (χ0v) is 7.43. The van der Waals surface area contributed by atoms with Crippen LogP contribution in [0.4, 0.5) is 0 Å². The van der Waals surface area contributed by atoms with Crippen LogP contribution in [-0.4, -0.2) is 29.7 Å². The summed E-state index contributed by atoms with van der Waals surface area (Å²) in [6, 6.07) is 0. The molecule has 0 unspecified atom stereocenters. The van der Waals surface area contributed by atoms with E-state index in [1.54, 1.807) is 0 Å². The molecule has 3 aliphatic rings. The Morgan fingerprint density at radius 2 is 2.09 bits per heavy atom.